The summed E-state index contributed by atoms with van der Waals surface area (Å²) in [7, 11) is 0. The van der Waals surface area contributed by atoms with Crippen molar-refractivity contribution in [1.82, 2.24) is 4.98 Å². The van der Waals surface area contributed by atoms with E-state index in [1.165, 1.54) is 17.4 Å². The zero-order chi connectivity index (χ0) is 11.0. The fourth-order valence-corrected chi connectivity index (χ4v) is 3.23. The minimum atomic E-state index is -0.318. The first-order valence-corrected chi connectivity index (χ1v) is 6.15. The van der Waals surface area contributed by atoms with E-state index in [2.05, 4.69) is 20.9 Å². The third-order valence-electron chi connectivity index (χ3n) is 1.96. The Morgan fingerprint density at radius 1 is 1.47 bits per heavy atom. The van der Waals surface area contributed by atoms with Gasteiger partial charge in [0.1, 0.15) is 5.82 Å². The lowest BCUT2D eigenvalue weighted by atomic mass is 10.1. The van der Waals surface area contributed by atoms with Crippen LogP contribution in [-0.2, 0) is 0 Å². The Hall–Kier alpha value is -0.450. The molecule has 1 heterocycles. The third kappa shape index (κ3) is 2.07. The zero-order valence-corrected chi connectivity index (χ0v) is 10.9. The number of thiazole rings is 1. The van der Waals surface area contributed by atoms with Crippen LogP contribution in [0.3, 0.4) is 0 Å². The van der Waals surface area contributed by atoms with Gasteiger partial charge in [0.05, 0.1) is 15.6 Å². The van der Waals surface area contributed by atoms with Gasteiger partial charge in [0.25, 0.3) is 0 Å². The van der Waals surface area contributed by atoms with Crippen LogP contribution in [0.15, 0.2) is 22.1 Å². The van der Waals surface area contributed by atoms with E-state index in [1.54, 1.807) is 12.1 Å². The maximum Gasteiger partial charge on any atom is 0.159 e. The van der Waals surface area contributed by atoms with Crippen molar-refractivity contribution in [3.05, 3.63) is 38.6 Å². The van der Waals surface area contributed by atoms with Gasteiger partial charge in [-0.25, -0.2) is 9.37 Å². The molecule has 0 radical (unpaired) electrons. The lowest BCUT2D eigenvalue weighted by molar-refractivity contribution is 0.631. The van der Waals surface area contributed by atoms with Crippen molar-refractivity contribution in [2.24, 2.45) is 0 Å². The number of halogens is 3. The number of hydrogen-bond acceptors (Lipinski definition) is 2. The van der Waals surface area contributed by atoms with Crippen LogP contribution in [0.5, 0.6) is 0 Å². The van der Waals surface area contributed by atoms with Gasteiger partial charge in [0.15, 0.2) is 3.92 Å². The SMILES string of the molecule is Cc1nc(Br)sc1-c1c(F)cccc1Cl. The van der Waals surface area contributed by atoms with E-state index in [1.807, 2.05) is 6.92 Å². The summed E-state index contributed by atoms with van der Waals surface area (Å²) >= 11 is 10.6. The average molecular weight is 307 g/mol. The predicted molar refractivity (Wildman–Crippen MR) is 65.0 cm³/mol. The van der Waals surface area contributed by atoms with Crippen LogP contribution in [0.25, 0.3) is 10.4 Å². The van der Waals surface area contributed by atoms with Crippen LogP contribution < -0.4 is 0 Å². The molecule has 0 saturated heterocycles. The summed E-state index contributed by atoms with van der Waals surface area (Å²) in [4.78, 5) is 4.95. The highest BCUT2D eigenvalue weighted by atomic mass is 79.9. The van der Waals surface area contributed by atoms with Crippen molar-refractivity contribution >= 4 is 38.9 Å². The van der Waals surface area contributed by atoms with E-state index in [0.29, 0.717) is 10.6 Å². The minimum absolute atomic E-state index is 0.318. The molecule has 5 heteroatoms. The van der Waals surface area contributed by atoms with Gasteiger partial charge in [0.2, 0.25) is 0 Å². The quantitative estimate of drug-likeness (QED) is 0.746. The molecule has 0 aliphatic rings. The fourth-order valence-electron chi connectivity index (χ4n) is 1.31. The molecular formula is C10H6BrClFNS. The van der Waals surface area contributed by atoms with E-state index >= 15 is 0 Å². The van der Waals surface area contributed by atoms with Crippen LogP contribution in [0, 0.1) is 12.7 Å². The van der Waals surface area contributed by atoms with Crippen molar-refractivity contribution in [3.63, 3.8) is 0 Å². The number of aryl methyl sites for hydroxylation is 1. The Balaban J connectivity index is 2.68. The first-order chi connectivity index (χ1) is 7.09. The summed E-state index contributed by atoms with van der Waals surface area (Å²) in [5.41, 5.74) is 1.21. The molecule has 0 saturated carbocycles. The Morgan fingerprint density at radius 2 is 2.20 bits per heavy atom. The smallest absolute Gasteiger partial charge is 0.159 e. The Morgan fingerprint density at radius 3 is 2.73 bits per heavy atom. The van der Waals surface area contributed by atoms with Crippen molar-refractivity contribution in [3.8, 4) is 10.4 Å². The standard InChI is InChI=1S/C10H6BrClFNS/c1-5-9(15-10(11)14-5)8-6(12)3-2-4-7(8)13/h2-4H,1H3. The molecule has 0 N–H and O–H groups in total. The molecule has 2 aromatic rings. The van der Waals surface area contributed by atoms with E-state index in [4.69, 9.17) is 11.6 Å². The van der Waals surface area contributed by atoms with Gasteiger partial charge < -0.3 is 0 Å². The summed E-state index contributed by atoms with van der Waals surface area (Å²) < 4.78 is 14.3. The second kappa shape index (κ2) is 4.20. The zero-order valence-electron chi connectivity index (χ0n) is 7.72. The van der Waals surface area contributed by atoms with Crippen molar-refractivity contribution < 1.29 is 4.39 Å². The highest BCUT2D eigenvalue weighted by Crippen LogP contribution is 2.38. The maximum absolute atomic E-state index is 13.6. The molecule has 0 bridgehead atoms. The minimum Gasteiger partial charge on any atom is -0.234 e. The average Bonchev–Trinajstić information content (AvgIpc) is 2.45. The molecule has 0 aliphatic heterocycles. The lowest BCUT2D eigenvalue weighted by Gasteiger charge is -2.03. The topological polar surface area (TPSA) is 12.9 Å². The second-order valence-corrected chi connectivity index (χ2v) is 5.66. The summed E-state index contributed by atoms with van der Waals surface area (Å²) in [5, 5.41) is 0.411. The van der Waals surface area contributed by atoms with Crippen LogP contribution in [-0.4, -0.2) is 4.98 Å². The Labute approximate surface area is 104 Å². The van der Waals surface area contributed by atoms with E-state index in [0.717, 1.165) is 14.5 Å². The van der Waals surface area contributed by atoms with E-state index in [-0.39, 0.29) is 5.82 Å². The number of hydrogen-bond donors (Lipinski definition) is 0. The first-order valence-electron chi connectivity index (χ1n) is 4.17. The van der Waals surface area contributed by atoms with E-state index < -0.39 is 0 Å². The monoisotopic (exact) mass is 305 g/mol. The molecule has 1 aromatic carbocycles. The van der Waals surface area contributed by atoms with Gasteiger partial charge >= 0.3 is 0 Å². The summed E-state index contributed by atoms with van der Waals surface area (Å²) in [6, 6.07) is 4.66. The normalized spacial score (nSPS) is 10.7. The number of benzene rings is 1. The largest absolute Gasteiger partial charge is 0.234 e. The lowest BCUT2D eigenvalue weighted by Crippen LogP contribution is -1.85. The molecule has 0 atom stereocenters. The highest BCUT2D eigenvalue weighted by Gasteiger charge is 2.15. The molecule has 1 aromatic heterocycles. The maximum atomic E-state index is 13.6. The molecule has 2 rings (SSSR count). The highest BCUT2D eigenvalue weighted by molar-refractivity contribution is 9.11. The molecule has 0 aliphatic carbocycles. The predicted octanol–water partition coefficient (Wildman–Crippen LogP) is 4.67. The van der Waals surface area contributed by atoms with Gasteiger partial charge in [-0.3, -0.25) is 0 Å². The van der Waals surface area contributed by atoms with Crippen LogP contribution in [0.4, 0.5) is 4.39 Å². The second-order valence-electron chi connectivity index (χ2n) is 2.98. The molecule has 0 amide bonds. The Kier molecular flexibility index (Phi) is 3.09. The Bertz CT molecular complexity index is 492. The molecule has 1 nitrogen and oxygen atoms in total. The summed E-state index contributed by atoms with van der Waals surface area (Å²) in [6.45, 7) is 1.83. The van der Waals surface area contributed by atoms with Gasteiger partial charge in [-0.05, 0) is 35.0 Å². The van der Waals surface area contributed by atoms with Crippen LogP contribution in [0.1, 0.15) is 5.69 Å². The molecular weight excluding hydrogens is 301 g/mol. The van der Waals surface area contributed by atoms with E-state index in [9.17, 15) is 4.39 Å². The molecule has 15 heavy (non-hydrogen) atoms. The molecule has 0 fully saturated rings. The molecule has 78 valence electrons. The van der Waals surface area contributed by atoms with Gasteiger partial charge in [0, 0.05) is 5.56 Å². The van der Waals surface area contributed by atoms with Crippen LogP contribution >= 0.6 is 38.9 Å². The fraction of sp³-hybridized carbons (Fsp3) is 0.100. The summed E-state index contributed by atoms with van der Waals surface area (Å²) in [6.07, 6.45) is 0. The molecule has 0 unspecified atom stereocenters. The number of rotatable bonds is 1. The van der Waals surface area contributed by atoms with Gasteiger partial charge in [-0.1, -0.05) is 17.7 Å². The number of aromatic nitrogens is 1. The first kappa shape index (κ1) is 11.0. The van der Waals surface area contributed by atoms with Crippen molar-refractivity contribution in [1.29, 1.82) is 0 Å². The third-order valence-corrected chi connectivity index (χ3v) is 3.90. The van der Waals surface area contributed by atoms with Crippen LogP contribution in [0.2, 0.25) is 5.02 Å². The van der Waals surface area contributed by atoms with Gasteiger partial charge in [-0.15, -0.1) is 11.3 Å². The van der Waals surface area contributed by atoms with Crippen molar-refractivity contribution in [2.45, 2.75) is 6.92 Å². The number of nitrogens with zero attached hydrogens (tertiary/aromatic N) is 1. The van der Waals surface area contributed by atoms with Crippen molar-refractivity contribution in [2.75, 3.05) is 0 Å². The summed E-state index contributed by atoms with van der Waals surface area (Å²) in [5.74, 6) is -0.318. The van der Waals surface area contributed by atoms with Gasteiger partial charge in [-0.2, -0.15) is 0 Å². The molecule has 0 spiro atoms.